The minimum Gasteiger partial charge on any atom is -0.482 e. The van der Waals surface area contributed by atoms with Crippen LogP contribution in [0.3, 0.4) is 0 Å². The number of anilines is 2. The third-order valence-corrected chi connectivity index (χ3v) is 4.66. The molecule has 2 aromatic carbocycles. The number of halogens is 1. The maximum absolute atomic E-state index is 12.7. The second-order valence-electron chi connectivity index (χ2n) is 6.08. The van der Waals surface area contributed by atoms with Gasteiger partial charge in [-0.2, -0.15) is 0 Å². The van der Waals surface area contributed by atoms with Crippen LogP contribution >= 0.6 is 11.6 Å². The molecule has 0 bridgehead atoms. The lowest BCUT2D eigenvalue weighted by Gasteiger charge is -2.33. The minimum absolute atomic E-state index is 0.101. The number of amides is 2. The molecule has 3 rings (SSSR count). The number of hydrogen-bond acceptors (Lipinski definition) is 3. The second kappa shape index (κ2) is 6.76. The van der Waals surface area contributed by atoms with Gasteiger partial charge in [0.25, 0.3) is 5.91 Å². The van der Waals surface area contributed by atoms with Crippen molar-refractivity contribution in [1.29, 1.82) is 0 Å². The molecule has 0 aromatic heterocycles. The van der Waals surface area contributed by atoms with Crippen LogP contribution in [0.4, 0.5) is 11.4 Å². The van der Waals surface area contributed by atoms with Crippen LogP contribution in [0.1, 0.15) is 18.1 Å². The van der Waals surface area contributed by atoms with E-state index in [1.165, 1.54) is 4.90 Å². The van der Waals surface area contributed by atoms with Crippen molar-refractivity contribution >= 4 is 34.8 Å². The lowest BCUT2D eigenvalue weighted by Crippen LogP contribution is -2.49. The first kappa shape index (κ1) is 17.3. The molecule has 130 valence electrons. The summed E-state index contributed by atoms with van der Waals surface area (Å²) >= 11 is 6.05. The summed E-state index contributed by atoms with van der Waals surface area (Å²) in [6, 6.07) is 10.0. The van der Waals surface area contributed by atoms with Gasteiger partial charge in [0, 0.05) is 10.7 Å². The van der Waals surface area contributed by atoms with E-state index in [0.29, 0.717) is 16.5 Å². The molecule has 6 heteroatoms. The summed E-state index contributed by atoms with van der Waals surface area (Å²) in [6.45, 7) is 5.52. The highest BCUT2D eigenvalue weighted by atomic mass is 35.5. The Morgan fingerprint density at radius 1 is 1.28 bits per heavy atom. The molecule has 1 N–H and O–H groups in total. The molecule has 0 fully saturated rings. The summed E-state index contributed by atoms with van der Waals surface area (Å²) in [5, 5.41) is 3.38. The zero-order valence-corrected chi connectivity index (χ0v) is 15.1. The molecule has 0 aliphatic carbocycles. The first-order valence-corrected chi connectivity index (χ1v) is 8.38. The van der Waals surface area contributed by atoms with Gasteiger partial charge in [-0.3, -0.25) is 14.5 Å². The van der Waals surface area contributed by atoms with E-state index < -0.39 is 6.04 Å². The molecule has 0 saturated heterocycles. The highest BCUT2D eigenvalue weighted by molar-refractivity contribution is 6.31. The van der Waals surface area contributed by atoms with Gasteiger partial charge in [-0.05, 0) is 56.2 Å². The van der Waals surface area contributed by atoms with Crippen molar-refractivity contribution in [1.82, 2.24) is 0 Å². The van der Waals surface area contributed by atoms with Gasteiger partial charge in [0.1, 0.15) is 11.8 Å². The van der Waals surface area contributed by atoms with Crippen LogP contribution in [0.25, 0.3) is 0 Å². The molecule has 0 saturated carbocycles. The van der Waals surface area contributed by atoms with E-state index in [0.717, 1.165) is 16.8 Å². The fourth-order valence-electron chi connectivity index (χ4n) is 2.81. The fraction of sp³-hybridized carbons (Fsp3) is 0.263. The molecule has 0 spiro atoms. The summed E-state index contributed by atoms with van der Waals surface area (Å²) in [5.41, 5.74) is 3.33. The Balaban J connectivity index is 1.88. The Kier molecular flexibility index (Phi) is 4.68. The second-order valence-corrected chi connectivity index (χ2v) is 6.51. The van der Waals surface area contributed by atoms with Gasteiger partial charge in [-0.15, -0.1) is 0 Å². The molecule has 5 nitrogen and oxygen atoms in total. The number of ether oxygens (including phenoxy) is 1. The van der Waals surface area contributed by atoms with Gasteiger partial charge in [0.2, 0.25) is 5.91 Å². The molecule has 1 aliphatic heterocycles. The summed E-state index contributed by atoms with van der Waals surface area (Å²) in [7, 11) is 0. The molecule has 2 aromatic rings. The molecular formula is C19H19ClN2O3. The summed E-state index contributed by atoms with van der Waals surface area (Å²) in [4.78, 5) is 26.5. The highest BCUT2D eigenvalue weighted by Gasteiger charge is 2.33. The van der Waals surface area contributed by atoms with E-state index in [2.05, 4.69) is 5.32 Å². The van der Waals surface area contributed by atoms with Gasteiger partial charge in [-0.1, -0.05) is 23.7 Å². The Hall–Kier alpha value is -2.53. The molecule has 1 atom stereocenters. The monoisotopic (exact) mass is 358 g/mol. The van der Waals surface area contributed by atoms with Gasteiger partial charge in [0.05, 0.1) is 5.69 Å². The van der Waals surface area contributed by atoms with E-state index >= 15 is 0 Å². The van der Waals surface area contributed by atoms with Crippen LogP contribution in [0.15, 0.2) is 36.4 Å². The maximum Gasteiger partial charge on any atom is 0.265 e. The van der Waals surface area contributed by atoms with E-state index in [4.69, 9.17) is 16.3 Å². The zero-order chi connectivity index (χ0) is 18.1. The molecule has 1 unspecified atom stereocenters. The average molecular weight is 359 g/mol. The Morgan fingerprint density at radius 3 is 2.80 bits per heavy atom. The van der Waals surface area contributed by atoms with Gasteiger partial charge >= 0.3 is 0 Å². The van der Waals surface area contributed by atoms with E-state index in [-0.39, 0.29) is 18.4 Å². The van der Waals surface area contributed by atoms with Crippen molar-refractivity contribution in [3.05, 3.63) is 52.5 Å². The summed E-state index contributed by atoms with van der Waals surface area (Å²) in [6.07, 6.45) is 0. The van der Waals surface area contributed by atoms with E-state index in [9.17, 15) is 9.59 Å². The smallest absolute Gasteiger partial charge is 0.265 e. The van der Waals surface area contributed by atoms with Crippen molar-refractivity contribution in [2.24, 2.45) is 0 Å². The van der Waals surface area contributed by atoms with E-state index in [1.807, 2.05) is 32.0 Å². The number of carbonyl (C=O) groups is 2. The normalized spacial score (nSPS) is 14.6. The highest BCUT2D eigenvalue weighted by Crippen LogP contribution is 2.35. The largest absolute Gasteiger partial charge is 0.482 e. The van der Waals surface area contributed by atoms with Crippen molar-refractivity contribution < 1.29 is 14.3 Å². The van der Waals surface area contributed by atoms with Crippen molar-refractivity contribution in [2.45, 2.75) is 26.8 Å². The van der Waals surface area contributed by atoms with Crippen LogP contribution in [0.2, 0.25) is 5.02 Å². The predicted molar refractivity (Wildman–Crippen MR) is 98.4 cm³/mol. The van der Waals surface area contributed by atoms with Crippen LogP contribution in [0.5, 0.6) is 5.75 Å². The summed E-state index contributed by atoms with van der Waals surface area (Å²) < 4.78 is 5.42. The third-order valence-electron chi connectivity index (χ3n) is 4.43. The predicted octanol–water partition coefficient (Wildman–Crippen LogP) is 3.71. The maximum atomic E-state index is 12.7. The number of fused-ring (bicyclic) bond motifs is 1. The average Bonchev–Trinajstić information content (AvgIpc) is 2.58. The number of hydrogen-bond donors (Lipinski definition) is 1. The number of benzene rings is 2. The Bertz CT molecular complexity index is 851. The van der Waals surface area contributed by atoms with Crippen LogP contribution in [0, 0.1) is 13.8 Å². The molecule has 2 amide bonds. The number of rotatable bonds is 3. The SMILES string of the molecule is Cc1cccc(NC(=O)C(C)N2C(=O)COc3ccc(Cl)cc32)c1C. The van der Waals surface area contributed by atoms with Crippen LogP contribution in [-0.4, -0.2) is 24.5 Å². The Morgan fingerprint density at radius 2 is 2.04 bits per heavy atom. The minimum atomic E-state index is -0.700. The van der Waals surface area contributed by atoms with Gasteiger partial charge in [0.15, 0.2) is 6.61 Å². The Labute approximate surface area is 151 Å². The van der Waals surface area contributed by atoms with Crippen LogP contribution in [-0.2, 0) is 9.59 Å². The number of carbonyl (C=O) groups excluding carboxylic acids is 2. The first-order valence-electron chi connectivity index (χ1n) is 8.00. The summed E-state index contributed by atoms with van der Waals surface area (Å²) in [5.74, 6) is -0.0105. The molecule has 1 aliphatic rings. The number of aryl methyl sites for hydroxylation is 1. The van der Waals surface area contributed by atoms with Crippen LogP contribution < -0.4 is 15.0 Å². The molecule has 1 heterocycles. The molecule has 0 radical (unpaired) electrons. The number of nitrogens with zero attached hydrogens (tertiary/aromatic N) is 1. The first-order chi connectivity index (χ1) is 11.9. The van der Waals surface area contributed by atoms with Gasteiger partial charge in [-0.25, -0.2) is 0 Å². The topological polar surface area (TPSA) is 58.6 Å². The quantitative estimate of drug-likeness (QED) is 0.909. The fourth-order valence-corrected chi connectivity index (χ4v) is 2.98. The molecule has 25 heavy (non-hydrogen) atoms. The third kappa shape index (κ3) is 3.33. The van der Waals surface area contributed by atoms with Crippen molar-refractivity contribution in [3.8, 4) is 5.75 Å². The lowest BCUT2D eigenvalue weighted by atomic mass is 10.1. The standard InChI is InChI=1S/C19H19ClN2O3/c1-11-5-4-6-15(12(11)2)21-19(24)13(3)22-16-9-14(20)7-8-17(16)25-10-18(22)23/h4-9,13H,10H2,1-3H3,(H,21,24). The zero-order valence-electron chi connectivity index (χ0n) is 14.3. The van der Waals surface area contributed by atoms with Crippen molar-refractivity contribution in [2.75, 3.05) is 16.8 Å². The molecular weight excluding hydrogens is 340 g/mol. The van der Waals surface area contributed by atoms with Crippen molar-refractivity contribution in [3.63, 3.8) is 0 Å². The van der Waals surface area contributed by atoms with Gasteiger partial charge < -0.3 is 10.1 Å². The van der Waals surface area contributed by atoms with E-state index in [1.54, 1.807) is 25.1 Å². The lowest BCUT2D eigenvalue weighted by molar-refractivity contribution is -0.125. The number of nitrogens with one attached hydrogen (secondary N) is 1.